The fraction of sp³-hybridized carbons (Fsp3) is 0.412. The number of anilines is 1. The highest BCUT2D eigenvalue weighted by molar-refractivity contribution is 7.20. The molecule has 7 heteroatoms. The van der Waals surface area contributed by atoms with Crippen molar-refractivity contribution in [2.75, 3.05) is 18.5 Å². The van der Waals surface area contributed by atoms with Gasteiger partial charge in [-0.2, -0.15) is 0 Å². The zero-order valence-corrected chi connectivity index (χ0v) is 14.4. The Morgan fingerprint density at radius 1 is 1.46 bits per heavy atom. The summed E-state index contributed by atoms with van der Waals surface area (Å²) in [6, 6.07) is 8.14. The molecule has 1 atom stereocenters. The van der Waals surface area contributed by atoms with Gasteiger partial charge in [0.15, 0.2) is 0 Å². The summed E-state index contributed by atoms with van der Waals surface area (Å²) in [5.41, 5.74) is 2.14. The van der Waals surface area contributed by atoms with Crippen molar-refractivity contribution >= 4 is 21.4 Å². The number of rotatable bonds is 6. The van der Waals surface area contributed by atoms with Crippen LogP contribution in [0.1, 0.15) is 24.1 Å². The Labute approximate surface area is 144 Å². The Hall–Kier alpha value is -2.12. The molecule has 1 aliphatic heterocycles. The number of hydrogen-bond acceptors (Lipinski definition) is 6. The number of hydrogen-bond donors (Lipinski definition) is 1. The predicted molar refractivity (Wildman–Crippen MR) is 93.8 cm³/mol. The minimum absolute atomic E-state index is 0.238. The molecule has 6 nitrogen and oxygen atoms in total. The molecule has 1 fully saturated rings. The summed E-state index contributed by atoms with van der Waals surface area (Å²) in [6.07, 6.45) is 4.39. The van der Waals surface area contributed by atoms with Crippen molar-refractivity contribution in [2.24, 2.45) is 0 Å². The third-order valence-electron chi connectivity index (χ3n) is 3.97. The maximum atomic E-state index is 5.85. The molecule has 1 unspecified atom stereocenters. The average Bonchev–Trinajstić information content (AvgIpc) is 3.27. The highest BCUT2D eigenvalue weighted by Crippen LogP contribution is 2.21. The van der Waals surface area contributed by atoms with Crippen molar-refractivity contribution in [2.45, 2.75) is 32.4 Å². The fourth-order valence-corrected chi connectivity index (χ4v) is 3.59. The smallest absolute Gasteiger partial charge is 0.214 e. The molecule has 0 radical (unpaired) electrons. The Morgan fingerprint density at radius 2 is 2.42 bits per heavy atom. The first-order valence-corrected chi connectivity index (χ1v) is 8.98. The van der Waals surface area contributed by atoms with E-state index >= 15 is 0 Å². The Kier molecular flexibility index (Phi) is 4.36. The lowest BCUT2D eigenvalue weighted by atomic mass is 10.2. The van der Waals surface area contributed by atoms with Crippen LogP contribution >= 0.6 is 11.3 Å². The van der Waals surface area contributed by atoms with Crippen LogP contribution < -0.4 is 10.1 Å². The van der Waals surface area contributed by atoms with Gasteiger partial charge in [-0.15, -0.1) is 5.10 Å². The standard InChI is InChI=1S/C17H20N4O2S/c1-12-10-21-17(19-12)24-16(20-21)18-9-13-4-2-5-14(8-13)23-11-15-6-3-7-22-15/h2,4-5,8,10,15H,3,6-7,9,11H2,1H3,(H,18,20). The molecule has 1 saturated heterocycles. The first-order chi connectivity index (χ1) is 11.8. The molecule has 0 bridgehead atoms. The summed E-state index contributed by atoms with van der Waals surface area (Å²) in [7, 11) is 0. The van der Waals surface area contributed by atoms with Crippen LogP contribution in [0.25, 0.3) is 4.96 Å². The number of imidazole rings is 1. The molecule has 0 aliphatic carbocycles. The Bertz CT molecular complexity index is 791. The van der Waals surface area contributed by atoms with E-state index in [2.05, 4.69) is 27.5 Å². The van der Waals surface area contributed by atoms with E-state index in [1.165, 1.54) is 0 Å². The second-order valence-electron chi connectivity index (χ2n) is 5.96. The number of aryl methyl sites for hydroxylation is 1. The third-order valence-corrected chi connectivity index (χ3v) is 4.85. The lowest BCUT2D eigenvalue weighted by Gasteiger charge is -2.12. The van der Waals surface area contributed by atoms with Crippen molar-refractivity contribution < 1.29 is 9.47 Å². The van der Waals surface area contributed by atoms with E-state index in [9.17, 15) is 0 Å². The first-order valence-electron chi connectivity index (χ1n) is 8.16. The van der Waals surface area contributed by atoms with Crippen LogP contribution in [0.5, 0.6) is 5.75 Å². The van der Waals surface area contributed by atoms with Crippen molar-refractivity contribution in [1.82, 2.24) is 14.6 Å². The topological polar surface area (TPSA) is 60.7 Å². The lowest BCUT2D eigenvalue weighted by molar-refractivity contribution is 0.0679. The molecule has 0 spiro atoms. The van der Waals surface area contributed by atoms with Crippen LogP contribution in [0.15, 0.2) is 30.5 Å². The Balaban J connectivity index is 1.35. The molecular formula is C17H20N4O2S. The molecule has 3 heterocycles. The van der Waals surface area contributed by atoms with Crippen LogP contribution in [-0.2, 0) is 11.3 Å². The molecule has 3 aromatic rings. The molecule has 1 aromatic carbocycles. The van der Waals surface area contributed by atoms with E-state index < -0.39 is 0 Å². The third kappa shape index (κ3) is 3.52. The van der Waals surface area contributed by atoms with Crippen LogP contribution in [0.3, 0.4) is 0 Å². The van der Waals surface area contributed by atoms with Gasteiger partial charge in [0, 0.05) is 13.2 Å². The van der Waals surface area contributed by atoms with E-state index in [4.69, 9.17) is 9.47 Å². The van der Waals surface area contributed by atoms with Crippen LogP contribution in [0.2, 0.25) is 0 Å². The average molecular weight is 344 g/mol. The number of ether oxygens (including phenoxy) is 2. The molecule has 1 N–H and O–H groups in total. The number of benzene rings is 1. The SMILES string of the molecule is Cc1cn2nc(NCc3cccc(OCC4CCCO4)c3)sc2n1. The molecular weight excluding hydrogens is 324 g/mol. The molecule has 126 valence electrons. The second kappa shape index (κ2) is 6.78. The van der Waals surface area contributed by atoms with Crippen LogP contribution in [0, 0.1) is 6.92 Å². The van der Waals surface area contributed by atoms with E-state index in [1.807, 2.05) is 29.8 Å². The van der Waals surface area contributed by atoms with Crippen molar-refractivity contribution in [3.05, 3.63) is 41.7 Å². The fourth-order valence-electron chi connectivity index (χ4n) is 2.77. The summed E-state index contributed by atoms with van der Waals surface area (Å²) >= 11 is 1.55. The summed E-state index contributed by atoms with van der Waals surface area (Å²) in [5.74, 6) is 0.884. The molecule has 4 rings (SSSR count). The summed E-state index contributed by atoms with van der Waals surface area (Å²) in [6.45, 7) is 4.15. The van der Waals surface area contributed by atoms with Gasteiger partial charge in [-0.05, 0) is 37.5 Å². The summed E-state index contributed by atoms with van der Waals surface area (Å²) < 4.78 is 13.2. The molecule has 0 amide bonds. The van der Waals surface area contributed by atoms with Gasteiger partial charge >= 0.3 is 0 Å². The zero-order chi connectivity index (χ0) is 16.4. The largest absolute Gasteiger partial charge is 0.491 e. The maximum Gasteiger partial charge on any atom is 0.214 e. The van der Waals surface area contributed by atoms with Crippen molar-refractivity contribution in [3.63, 3.8) is 0 Å². The van der Waals surface area contributed by atoms with Crippen LogP contribution in [-0.4, -0.2) is 33.9 Å². The quantitative estimate of drug-likeness (QED) is 0.744. The summed E-state index contributed by atoms with van der Waals surface area (Å²) in [5, 5.41) is 8.68. The van der Waals surface area contributed by atoms with E-state index in [0.717, 1.165) is 46.5 Å². The van der Waals surface area contributed by atoms with E-state index in [0.29, 0.717) is 13.2 Å². The van der Waals surface area contributed by atoms with Gasteiger partial charge in [0.05, 0.1) is 18.0 Å². The van der Waals surface area contributed by atoms with Gasteiger partial charge in [-0.3, -0.25) is 0 Å². The number of fused-ring (bicyclic) bond motifs is 1. The predicted octanol–water partition coefficient (Wildman–Crippen LogP) is 3.27. The molecule has 24 heavy (non-hydrogen) atoms. The van der Waals surface area contributed by atoms with Crippen molar-refractivity contribution in [3.8, 4) is 5.75 Å². The zero-order valence-electron chi connectivity index (χ0n) is 13.6. The van der Waals surface area contributed by atoms with Gasteiger partial charge in [-0.1, -0.05) is 23.5 Å². The van der Waals surface area contributed by atoms with Gasteiger partial charge in [-0.25, -0.2) is 9.50 Å². The number of nitrogens with zero attached hydrogens (tertiary/aromatic N) is 3. The van der Waals surface area contributed by atoms with E-state index in [-0.39, 0.29) is 6.10 Å². The van der Waals surface area contributed by atoms with E-state index in [1.54, 1.807) is 11.3 Å². The Morgan fingerprint density at radius 3 is 3.25 bits per heavy atom. The second-order valence-corrected chi connectivity index (χ2v) is 6.92. The van der Waals surface area contributed by atoms with Gasteiger partial charge in [0.2, 0.25) is 10.1 Å². The normalized spacial score (nSPS) is 17.5. The number of aromatic nitrogens is 3. The van der Waals surface area contributed by atoms with Gasteiger partial charge in [0.25, 0.3) is 0 Å². The highest BCUT2D eigenvalue weighted by atomic mass is 32.1. The van der Waals surface area contributed by atoms with Gasteiger partial charge in [0.1, 0.15) is 12.4 Å². The number of nitrogens with one attached hydrogen (secondary N) is 1. The van der Waals surface area contributed by atoms with Crippen LogP contribution in [0.4, 0.5) is 5.13 Å². The minimum Gasteiger partial charge on any atom is -0.491 e. The van der Waals surface area contributed by atoms with Gasteiger partial charge < -0.3 is 14.8 Å². The lowest BCUT2D eigenvalue weighted by Crippen LogP contribution is -2.16. The highest BCUT2D eigenvalue weighted by Gasteiger charge is 2.16. The molecule has 2 aromatic heterocycles. The monoisotopic (exact) mass is 344 g/mol. The maximum absolute atomic E-state index is 5.85. The molecule has 0 saturated carbocycles. The minimum atomic E-state index is 0.238. The first kappa shape index (κ1) is 15.4. The summed E-state index contributed by atoms with van der Waals surface area (Å²) in [4.78, 5) is 5.32. The van der Waals surface area contributed by atoms with Crippen molar-refractivity contribution in [1.29, 1.82) is 0 Å². The molecule has 1 aliphatic rings.